The van der Waals surface area contributed by atoms with Crippen LogP contribution in [0.3, 0.4) is 0 Å². The molecule has 0 radical (unpaired) electrons. The van der Waals surface area contributed by atoms with Crippen LogP contribution >= 0.6 is 11.6 Å². The predicted octanol–water partition coefficient (Wildman–Crippen LogP) is 5.16. The number of benzene rings is 3. The van der Waals surface area contributed by atoms with Crippen LogP contribution in [0.4, 0.5) is 5.69 Å². The third-order valence-electron chi connectivity index (χ3n) is 4.29. The van der Waals surface area contributed by atoms with Crippen molar-refractivity contribution in [3.63, 3.8) is 0 Å². The Morgan fingerprint density at radius 1 is 1.03 bits per heavy atom. The second-order valence-corrected chi connectivity index (χ2v) is 6.73. The maximum absolute atomic E-state index is 12.8. The molecule has 0 amide bonds. The van der Waals surface area contributed by atoms with E-state index in [4.69, 9.17) is 26.3 Å². The van der Waals surface area contributed by atoms with Gasteiger partial charge in [-0.05, 0) is 60.7 Å². The van der Waals surface area contributed by atoms with Crippen LogP contribution in [0, 0.1) is 5.21 Å². The highest BCUT2D eigenvalue weighted by molar-refractivity contribution is 6.31. The van der Waals surface area contributed by atoms with Gasteiger partial charge in [0.05, 0.1) is 23.9 Å². The second-order valence-electron chi connectivity index (χ2n) is 6.29. The van der Waals surface area contributed by atoms with Gasteiger partial charge in [-0.25, -0.2) is 4.79 Å². The molecule has 0 aliphatic carbocycles. The molecule has 0 aromatic heterocycles. The molecule has 3 rings (SSSR count). The molecule has 0 saturated carbocycles. The molecule has 0 aliphatic rings. The summed E-state index contributed by atoms with van der Waals surface area (Å²) in [6, 6.07) is 16.7. The lowest BCUT2D eigenvalue weighted by Crippen LogP contribution is -2.12. The molecule has 8 heteroatoms. The van der Waals surface area contributed by atoms with Crippen LogP contribution in [0.5, 0.6) is 11.5 Å². The lowest BCUT2D eigenvalue weighted by molar-refractivity contribution is 0.0733. The van der Waals surface area contributed by atoms with Crippen LogP contribution in [-0.2, 0) is 0 Å². The van der Waals surface area contributed by atoms with Crippen molar-refractivity contribution in [3.05, 3.63) is 99.7 Å². The highest BCUT2D eigenvalue weighted by Gasteiger charge is 2.16. The number of para-hydroxylation sites is 1. The fraction of sp³-hybridized carbons (Fsp3) is 0.0435. The van der Waals surface area contributed by atoms with E-state index in [0.29, 0.717) is 16.3 Å². The number of allylic oxidation sites excluding steroid dienone is 1. The predicted molar refractivity (Wildman–Crippen MR) is 117 cm³/mol. The summed E-state index contributed by atoms with van der Waals surface area (Å²) in [4.78, 5) is 25.2. The largest absolute Gasteiger partial charge is 0.733 e. The minimum absolute atomic E-state index is 0.0285. The molecule has 0 bridgehead atoms. The molecule has 0 atom stereocenters. The van der Waals surface area contributed by atoms with Gasteiger partial charge in [0, 0.05) is 10.6 Å². The van der Waals surface area contributed by atoms with Gasteiger partial charge in [0.2, 0.25) is 0 Å². The van der Waals surface area contributed by atoms with Crippen LogP contribution in [0.25, 0.3) is 6.08 Å². The van der Waals surface area contributed by atoms with Gasteiger partial charge >= 0.3 is 5.97 Å². The summed E-state index contributed by atoms with van der Waals surface area (Å²) >= 11 is 6.03. The number of nitrogens with zero attached hydrogens (tertiary/aromatic N) is 1. The van der Waals surface area contributed by atoms with Crippen LogP contribution in [0.15, 0.2) is 72.8 Å². The van der Waals surface area contributed by atoms with Gasteiger partial charge in [0.25, 0.3) is 0 Å². The number of hydrogen-bond donors (Lipinski definition) is 1. The quantitative estimate of drug-likeness (QED) is 0.179. The zero-order valence-corrected chi connectivity index (χ0v) is 17.1. The number of carbonyl (C=O) groups is 2. The Kier molecular flexibility index (Phi) is 7.04. The molecule has 158 valence electrons. The first kappa shape index (κ1) is 22.0. The Balaban J connectivity index is 1.84. The number of esters is 1. The van der Waals surface area contributed by atoms with E-state index < -0.39 is 11.8 Å². The molecule has 7 nitrogen and oxygen atoms in total. The standard InChI is InChI=1S/C23H17ClNO6/c1-30-21-5-3-2-4-15(21)8-12-20(26)19-14-17(24)9-13-22(19)31-23(27)16-6-10-18(11-7-16)25(28)29/h2-14,28H,1H3/q-1. The van der Waals surface area contributed by atoms with E-state index in [1.165, 1.54) is 55.7 Å². The summed E-state index contributed by atoms with van der Waals surface area (Å²) in [6.07, 6.45) is 2.93. The summed E-state index contributed by atoms with van der Waals surface area (Å²) < 4.78 is 10.6. The van der Waals surface area contributed by atoms with Crippen LogP contribution in [0.1, 0.15) is 26.3 Å². The maximum Gasteiger partial charge on any atom is 0.343 e. The fourth-order valence-corrected chi connectivity index (χ4v) is 2.90. The number of carbonyl (C=O) groups excluding carboxylic acids is 2. The lowest BCUT2D eigenvalue weighted by Gasteiger charge is -2.21. The first-order valence-electron chi connectivity index (χ1n) is 9.02. The van der Waals surface area contributed by atoms with Crippen molar-refractivity contribution in [2.24, 2.45) is 0 Å². The summed E-state index contributed by atoms with van der Waals surface area (Å²) in [6.45, 7) is 0. The first-order chi connectivity index (χ1) is 14.9. The van der Waals surface area contributed by atoms with E-state index in [-0.39, 0.29) is 27.8 Å². The SMILES string of the molecule is COc1ccccc1C=CC(=O)c1cc(Cl)ccc1OC(=O)c1ccc(N([O-])O)cc1. The van der Waals surface area contributed by atoms with E-state index in [2.05, 4.69) is 0 Å². The monoisotopic (exact) mass is 438 g/mol. The topological polar surface area (TPSA) is 99.1 Å². The van der Waals surface area contributed by atoms with E-state index >= 15 is 0 Å². The van der Waals surface area contributed by atoms with Crippen molar-refractivity contribution in [2.75, 3.05) is 12.3 Å². The van der Waals surface area contributed by atoms with Crippen molar-refractivity contribution in [3.8, 4) is 11.5 Å². The number of anilines is 1. The lowest BCUT2D eigenvalue weighted by atomic mass is 10.1. The average Bonchev–Trinajstić information content (AvgIpc) is 2.78. The molecule has 0 saturated heterocycles. The van der Waals surface area contributed by atoms with Crippen molar-refractivity contribution in [1.29, 1.82) is 0 Å². The van der Waals surface area contributed by atoms with Crippen molar-refractivity contribution >= 4 is 35.1 Å². The third-order valence-corrected chi connectivity index (χ3v) is 4.52. The molecule has 3 aromatic carbocycles. The zero-order chi connectivity index (χ0) is 22.4. The summed E-state index contributed by atoms with van der Waals surface area (Å²) in [5.74, 6) is -0.533. The highest BCUT2D eigenvalue weighted by atomic mass is 35.5. The number of ketones is 1. The van der Waals surface area contributed by atoms with Gasteiger partial charge < -0.3 is 19.9 Å². The minimum atomic E-state index is -0.744. The Labute approximate surface area is 183 Å². The summed E-state index contributed by atoms with van der Waals surface area (Å²) in [7, 11) is 1.53. The number of halogens is 1. The van der Waals surface area contributed by atoms with Gasteiger partial charge in [0.1, 0.15) is 11.5 Å². The Morgan fingerprint density at radius 3 is 2.42 bits per heavy atom. The molecule has 31 heavy (non-hydrogen) atoms. The highest BCUT2D eigenvalue weighted by Crippen LogP contribution is 2.26. The average molecular weight is 439 g/mol. The summed E-state index contributed by atoms with van der Waals surface area (Å²) in [5, 5.41) is 19.7. The van der Waals surface area contributed by atoms with Gasteiger partial charge in [-0.2, -0.15) is 0 Å². The molecule has 0 unspecified atom stereocenters. The Bertz CT molecular complexity index is 1130. The third kappa shape index (κ3) is 5.49. The normalized spacial score (nSPS) is 10.7. The van der Waals surface area contributed by atoms with Gasteiger partial charge in [-0.15, -0.1) is 0 Å². The molecule has 0 fully saturated rings. The number of methoxy groups -OCH3 is 1. The molecular weight excluding hydrogens is 422 g/mol. The first-order valence-corrected chi connectivity index (χ1v) is 9.40. The number of rotatable bonds is 7. The Hall–Kier alpha value is -3.65. The van der Waals surface area contributed by atoms with E-state index in [0.717, 1.165) is 0 Å². The van der Waals surface area contributed by atoms with E-state index in [1.54, 1.807) is 18.2 Å². The maximum atomic E-state index is 12.8. The molecule has 1 N–H and O–H groups in total. The molecular formula is C23H17ClNO6-. The molecule has 0 aliphatic heterocycles. The van der Waals surface area contributed by atoms with Crippen LogP contribution in [0.2, 0.25) is 5.02 Å². The van der Waals surface area contributed by atoms with E-state index in [9.17, 15) is 14.8 Å². The van der Waals surface area contributed by atoms with Crippen molar-refractivity contribution in [2.45, 2.75) is 0 Å². The van der Waals surface area contributed by atoms with Crippen LogP contribution in [-0.4, -0.2) is 24.1 Å². The number of ether oxygens (including phenoxy) is 2. The molecule has 0 heterocycles. The molecule has 3 aromatic rings. The smallest absolute Gasteiger partial charge is 0.343 e. The Morgan fingerprint density at radius 2 is 1.74 bits per heavy atom. The minimum Gasteiger partial charge on any atom is -0.733 e. The van der Waals surface area contributed by atoms with Crippen LogP contribution < -0.4 is 14.7 Å². The fourth-order valence-electron chi connectivity index (χ4n) is 2.73. The second kappa shape index (κ2) is 9.90. The van der Waals surface area contributed by atoms with Gasteiger partial charge in [-0.3, -0.25) is 10.0 Å². The van der Waals surface area contributed by atoms with Gasteiger partial charge in [0.15, 0.2) is 5.78 Å². The zero-order valence-electron chi connectivity index (χ0n) is 16.3. The summed E-state index contributed by atoms with van der Waals surface area (Å²) in [5.41, 5.74) is 0.893. The van der Waals surface area contributed by atoms with Gasteiger partial charge in [-0.1, -0.05) is 29.8 Å². The van der Waals surface area contributed by atoms with Crippen molar-refractivity contribution < 1.29 is 24.3 Å². The van der Waals surface area contributed by atoms with E-state index in [1.807, 2.05) is 12.1 Å². The van der Waals surface area contributed by atoms with Crippen molar-refractivity contribution in [1.82, 2.24) is 0 Å². The molecule has 0 spiro atoms. The number of hydrogen-bond acceptors (Lipinski definition) is 7.